The standard InChI is InChI=1S/C62H74N10O10S/c1-39-7-5-6-8-46(39)53-36-68(35-41-27-54-59(65-34-41)82-60(2,3)38-80-54)24-25-70(53)44-31-62(32-44)19-22-69(23-20-62)43-9-11-47(50(29-43)71-49-16-26-79-37-55(49)81-58-52(71)28-42-15-21-63-56(42)66-58)57(73)67-83(77,78)45-10-12-48(51(30-45)72(75)76)64-33-40-13-17-61(4,74)18-14-40/h5-12,15,21,27-30,34,40,44,49,53,55,64,74H,13-14,16-20,22-26,31-33,35-38H2,1-4H3,(H,63,66)(H,67,73)/t40-,49-,53-,55-,61-/m0/s1. The molecule has 13 rings (SSSR count). The molecule has 8 heterocycles. The number of hydrogen-bond donors (Lipinski definition) is 4. The second-order valence-electron chi connectivity index (χ2n) is 25.3. The number of benzene rings is 3. The number of nitro groups is 1. The number of pyridine rings is 2. The molecule has 0 radical (unpaired) electrons. The molecular formula is C62H74N10O10S. The van der Waals surface area contributed by atoms with Gasteiger partial charge in [0.15, 0.2) is 5.75 Å². The van der Waals surface area contributed by atoms with E-state index in [4.69, 9.17) is 23.9 Å². The maximum atomic E-state index is 14.8. The summed E-state index contributed by atoms with van der Waals surface area (Å²) in [5.74, 6) is 0.918. The summed E-state index contributed by atoms with van der Waals surface area (Å²) in [7, 11) is -4.64. The number of aryl methyl sites for hydroxylation is 1. The first kappa shape index (κ1) is 55.2. The van der Waals surface area contributed by atoms with Gasteiger partial charge in [-0.05, 0) is 162 Å². The van der Waals surface area contributed by atoms with Gasteiger partial charge in [-0.25, -0.2) is 18.1 Å². The molecule has 0 unspecified atom stereocenters. The molecule has 5 aliphatic heterocycles. The van der Waals surface area contributed by atoms with Crippen LogP contribution in [0.15, 0.2) is 96.2 Å². The zero-order chi connectivity index (χ0) is 57.4. The molecule has 0 bridgehead atoms. The van der Waals surface area contributed by atoms with Crippen molar-refractivity contribution in [2.45, 2.75) is 132 Å². The molecule has 1 amide bonds. The number of nitro benzene ring substituents is 1. The SMILES string of the molecule is Cc1ccccc1[C@@H]1CN(Cc2cnc3c(c2)OCC(C)(C)O3)CCN1C1CC2(CCN(c3ccc(C(=O)NS(=O)(=O)c4ccc(NC[C@H]5CC[C@](C)(O)CC5)c([N+](=O)[O-])c4)c(N4c5cc6cc[nH]c6nc5O[C@H]5COCC[C@@H]54)c3)CC2)C1. The molecule has 6 aromatic rings. The molecule has 3 saturated heterocycles. The maximum Gasteiger partial charge on any atom is 0.293 e. The Labute approximate surface area is 484 Å². The molecule has 2 aliphatic carbocycles. The highest BCUT2D eigenvalue weighted by Gasteiger charge is 2.50. The Kier molecular flexibility index (Phi) is 14.3. The van der Waals surface area contributed by atoms with Crippen LogP contribution in [0.5, 0.6) is 17.5 Å². The predicted molar refractivity (Wildman–Crippen MR) is 314 cm³/mol. The van der Waals surface area contributed by atoms with Crippen molar-refractivity contribution in [3.63, 3.8) is 0 Å². The molecule has 3 aromatic carbocycles. The average Bonchev–Trinajstić information content (AvgIpc) is 3.42. The summed E-state index contributed by atoms with van der Waals surface area (Å²) in [6.07, 6.45) is 10.9. The number of H-pyrrole nitrogens is 1. The lowest BCUT2D eigenvalue weighted by molar-refractivity contribution is -0.384. The number of rotatable bonds is 13. The number of nitrogens with zero attached hydrogens (tertiary/aromatic N) is 7. The van der Waals surface area contributed by atoms with Crippen molar-refractivity contribution < 1.29 is 42.2 Å². The van der Waals surface area contributed by atoms with Crippen LogP contribution in [0.3, 0.4) is 0 Å². The number of aromatic amines is 1. The lowest BCUT2D eigenvalue weighted by Crippen LogP contribution is -2.59. The van der Waals surface area contributed by atoms with E-state index in [0.717, 1.165) is 100 Å². The van der Waals surface area contributed by atoms with Crippen LogP contribution in [0.25, 0.3) is 11.0 Å². The Hall–Kier alpha value is -7.04. The molecule has 4 N–H and O–H groups in total. The number of sulfonamides is 1. The second kappa shape index (κ2) is 21.5. The number of aliphatic hydroxyl groups is 1. The Balaban J connectivity index is 0.741. The Morgan fingerprint density at radius 1 is 0.928 bits per heavy atom. The van der Waals surface area contributed by atoms with Gasteiger partial charge in [0.1, 0.15) is 35.3 Å². The van der Waals surface area contributed by atoms with Crippen molar-refractivity contribution in [1.82, 2.24) is 29.5 Å². The van der Waals surface area contributed by atoms with Crippen LogP contribution in [0, 0.1) is 28.4 Å². The molecule has 3 aromatic heterocycles. The molecule has 7 aliphatic rings. The summed E-state index contributed by atoms with van der Waals surface area (Å²) in [5.41, 5.74) is 5.37. The first-order chi connectivity index (χ1) is 39.9. The van der Waals surface area contributed by atoms with Gasteiger partial charge in [-0.3, -0.25) is 24.7 Å². The van der Waals surface area contributed by atoms with Crippen molar-refractivity contribution in [3.8, 4) is 17.5 Å². The number of piperazine rings is 1. The lowest BCUT2D eigenvalue weighted by Gasteiger charge is -2.58. The van der Waals surface area contributed by atoms with E-state index in [1.807, 2.05) is 57.4 Å². The highest BCUT2D eigenvalue weighted by Crippen LogP contribution is 2.54. The topological polar surface area (TPSA) is 230 Å². The summed E-state index contributed by atoms with van der Waals surface area (Å²) in [6.45, 7) is 14.9. The minimum atomic E-state index is -4.64. The number of hydrogen-bond acceptors (Lipinski definition) is 17. The van der Waals surface area contributed by atoms with Crippen LogP contribution in [0.2, 0.25) is 0 Å². The third-order valence-electron chi connectivity index (χ3n) is 18.8. The molecule has 2 saturated carbocycles. The summed E-state index contributed by atoms with van der Waals surface area (Å²) in [6, 6.07) is 24.4. The smallest absolute Gasteiger partial charge is 0.293 e. The van der Waals surface area contributed by atoms with Crippen LogP contribution in [0.4, 0.5) is 28.4 Å². The van der Waals surface area contributed by atoms with Crippen molar-refractivity contribution in [2.75, 3.05) is 74.2 Å². The lowest BCUT2D eigenvalue weighted by atomic mass is 9.59. The van der Waals surface area contributed by atoms with E-state index in [0.29, 0.717) is 86.2 Å². The van der Waals surface area contributed by atoms with Gasteiger partial charge in [-0.1, -0.05) is 24.3 Å². The Morgan fingerprint density at radius 3 is 2.53 bits per heavy atom. The first-order valence-electron chi connectivity index (χ1n) is 29.4. The zero-order valence-electron chi connectivity index (χ0n) is 47.6. The fraction of sp³-hybridized carbons (Fsp3) is 0.500. The molecule has 438 valence electrons. The molecule has 20 nitrogen and oxygen atoms in total. The monoisotopic (exact) mass is 1150 g/mol. The van der Waals surface area contributed by atoms with E-state index in [2.05, 4.69) is 76.9 Å². The number of amides is 1. The number of anilines is 4. The average molecular weight is 1150 g/mol. The van der Waals surface area contributed by atoms with E-state index < -0.39 is 48.7 Å². The number of ether oxygens (including phenoxy) is 4. The maximum absolute atomic E-state index is 14.8. The number of fused-ring (bicyclic) bond motifs is 4. The molecular weight excluding hydrogens is 1080 g/mol. The molecule has 3 atom stereocenters. The first-order valence-corrected chi connectivity index (χ1v) is 30.9. The van der Waals surface area contributed by atoms with Crippen LogP contribution in [0.1, 0.15) is 112 Å². The van der Waals surface area contributed by atoms with Crippen LogP contribution in [-0.2, 0) is 21.3 Å². The number of piperidine rings is 1. The van der Waals surface area contributed by atoms with Gasteiger partial charge in [0.25, 0.3) is 27.5 Å². The van der Waals surface area contributed by atoms with Crippen LogP contribution < -0.4 is 34.0 Å². The fourth-order valence-corrected chi connectivity index (χ4v) is 15.1. The normalized spacial score (nSPS) is 25.2. The third kappa shape index (κ3) is 11.1. The van der Waals surface area contributed by atoms with Crippen LogP contribution in [-0.4, -0.2) is 138 Å². The zero-order valence-corrected chi connectivity index (χ0v) is 48.5. The number of carbonyl (C=O) groups is 1. The molecule has 5 fully saturated rings. The van der Waals surface area contributed by atoms with Crippen LogP contribution >= 0.6 is 0 Å². The third-order valence-corrected chi connectivity index (χ3v) is 20.2. The van der Waals surface area contributed by atoms with Gasteiger partial charge in [-0.15, -0.1) is 0 Å². The van der Waals surface area contributed by atoms with Gasteiger partial charge in [0, 0.05) is 94.0 Å². The highest BCUT2D eigenvalue weighted by atomic mass is 32.2. The summed E-state index contributed by atoms with van der Waals surface area (Å²) < 4.78 is 55.5. The minimum absolute atomic E-state index is 0.106. The number of aromatic nitrogens is 3. The highest BCUT2D eigenvalue weighted by molar-refractivity contribution is 7.90. The van der Waals surface area contributed by atoms with Crippen molar-refractivity contribution in [3.05, 3.63) is 124 Å². The Morgan fingerprint density at radius 2 is 1.73 bits per heavy atom. The predicted octanol–water partition coefficient (Wildman–Crippen LogP) is 9.19. The molecule has 21 heteroatoms. The van der Waals surface area contributed by atoms with Crippen molar-refractivity contribution in [1.29, 1.82) is 0 Å². The molecule has 1 spiro atoms. The molecule has 83 heavy (non-hydrogen) atoms. The van der Waals surface area contributed by atoms with Gasteiger partial charge < -0.3 is 44.2 Å². The van der Waals surface area contributed by atoms with Crippen molar-refractivity contribution >= 4 is 55.4 Å². The number of carbonyl (C=O) groups excluding carboxylic acids is 1. The fourth-order valence-electron chi connectivity index (χ4n) is 14.1. The number of nitrogens with one attached hydrogen (secondary N) is 3. The Bertz CT molecular complexity index is 3570. The summed E-state index contributed by atoms with van der Waals surface area (Å²) in [4.78, 5) is 48.7. The summed E-state index contributed by atoms with van der Waals surface area (Å²) in [5, 5.41) is 26.9. The van der Waals surface area contributed by atoms with Gasteiger partial charge in [0.2, 0.25) is 5.88 Å². The van der Waals surface area contributed by atoms with E-state index in [1.54, 1.807) is 6.07 Å². The van der Waals surface area contributed by atoms with E-state index >= 15 is 0 Å². The van der Waals surface area contributed by atoms with Gasteiger partial charge in [0.05, 0.1) is 39.3 Å². The van der Waals surface area contributed by atoms with Gasteiger partial charge >= 0.3 is 0 Å². The van der Waals surface area contributed by atoms with E-state index in [-0.39, 0.29) is 34.7 Å². The van der Waals surface area contributed by atoms with Crippen molar-refractivity contribution in [2.24, 2.45) is 11.3 Å². The van der Waals surface area contributed by atoms with Gasteiger partial charge in [-0.2, -0.15) is 4.98 Å². The quantitative estimate of drug-likeness (QED) is 0.0624. The minimum Gasteiger partial charge on any atom is -0.484 e. The second-order valence-corrected chi connectivity index (χ2v) is 27.0. The summed E-state index contributed by atoms with van der Waals surface area (Å²) >= 11 is 0. The largest absolute Gasteiger partial charge is 0.484 e. The van der Waals surface area contributed by atoms with E-state index in [1.165, 1.54) is 23.3 Å². The van der Waals surface area contributed by atoms with E-state index in [9.17, 15) is 28.4 Å².